The van der Waals surface area contributed by atoms with E-state index in [9.17, 15) is 24.3 Å². The van der Waals surface area contributed by atoms with E-state index in [-0.39, 0.29) is 0 Å². The van der Waals surface area contributed by atoms with Gasteiger partial charge in [-0.1, -0.05) is 0 Å². The zero-order valence-electron chi connectivity index (χ0n) is 13.8. The van der Waals surface area contributed by atoms with Crippen LogP contribution in [0.1, 0.15) is 13.8 Å². The van der Waals surface area contributed by atoms with Gasteiger partial charge in [0.15, 0.2) is 0 Å². The van der Waals surface area contributed by atoms with Crippen LogP contribution in [0.4, 0.5) is 0 Å². The number of nitrogens with one attached hydrogen (secondary N) is 3. The Balaban J connectivity index is 4.70. The molecular weight excluding hydrogens is 340 g/mol. The Morgan fingerprint density at radius 2 is 1.56 bits per heavy atom. The van der Waals surface area contributed by atoms with Crippen molar-refractivity contribution in [3.05, 3.63) is 0 Å². The fourth-order valence-corrected chi connectivity index (χ4v) is 1.58. The van der Waals surface area contributed by atoms with Crippen molar-refractivity contribution in [2.75, 3.05) is 13.2 Å². The molecule has 12 heteroatoms. The van der Waals surface area contributed by atoms with Crippen molar-refractivity contribution in [2.45, 2.75) is 44.2 Å². The third kappa shape index (κ3) is 7.89. The molecular formula is C13H24N4O8. The maximum atomic E-state index is 11.9. The lowest BCUT2D eigenvalue weighted by atomic mass is 10.1. The molecule has 0 heterocycles. The molecule has 0 saturated heterocycles. The molecule has 0 aromatic carbocycles. The molecule has 5 unspecified atom stereocenters. The first-order valence-corrected chi connectivity index (χ1v) is 7.34. The molecule has 0 fully saturated rings. The van der Waals surface area contributed by atoms with E-state index in [1.54, 1.807) is 0 Å². The van der Waals surface area contributed by atoms with Crippen LogP contribution in [0.2, 0.25) is 0 Å². The van der Waals surface area contributed by atoms with Gasteiger partial charge in [0.05, 0.1) is 25.4 Å². The summed E-state index contributed by atoms with van der Waals surface area (Å²) in [4.78, 5) is 46.0. The number of amides is 3. The Kier molecular flexibility index (Phi) is 9.59. The van der Waals surface area contributed by atoms with Gasteiger partial charge in [0.1, 0.15) is 18.1 Å². The molecule has 0 spiro atoms. The van der Waals surface area contributed by atoms with E-state index in [1.807, 2.05) is 5.32 Å². The average Bonchev–Trinajstić information content (AvgIpc) is 2.53. The van der Waals surface area contributed by atoms with Gasteiger partial charge in [-0.3, -0.25) is 14.4 Å². The monoisotopic (exact) mass is 364 g/mol. The van der Waals surface area contributed by atoms with Gasteiger partial charge in [0, 0.05) is 0 Å². The van der Waals surface area contributed by atoms with Crippen LogP contribution in [0.25, 0.3) is 0 Å². The highest BCUT2D eigenvalue weighted by atomic mass is 16.4. The highest BCUT2D eigenvalue weighted by molar-refractivity contribution is 5.92. The second kappa shape index (κ2) is 10.6. The van der Waals surface area contributed by atoms with Crippen LogP contribution in [-0.4, -0.2) is 87.6 Å². The minimum absolute atomic E-state index is 0.585. The van der Waals surface area contributed by atoms with Crippen LogP contribution < -0.4 is 21.7 Å². The van der Waals surface area contributed by atoms with Crippen molar-refractivity contribution < 1.29 is 39.6 Å². The Morgan fingerprint density at radius 1 is 1.00 bits per heavy atom. The highest BCUT2D eigenvalue weighted by Gasteiger charge is 2.29. The van der Waals surface area contributed by atoms with E-state index in [4.69, 9.17) is 21.1 Å². The number of hydrogen-bond acceptors (Lipinski definition) is 8. The lowest BCUT2D eigenvalue weighted by Crippen LogP contribution is -2.58. The third-order valence-electron chi connectivity index (χ3n) is 3.12. The predicted molar refractivity (Wildman–Crippen MR) is 82.9 cm³/mol. The van der Waals surface area contributed by atoms with E-state index in [0.717, 1.165) is 0 Å². The van der Waals surface area contributed by atoms with Crippen molar-refractivity contribution >= 4 is 23.7 Å². The van der Waals surface area contributed by atoms with Gasteiger partial charge >= 0.3 is 5.97 Å². The first-order chi connectivity index (χ1) is 11.5. The first kappa shape index (κ1) is 22.7. The van der Waals surface area contributed by atoms with Gasteiger partial charge in [-0.15, -0.1) is 0 Å². The molecule has 0 aromatic heterocycles. The molecule has 0 saturated carbocycles. The minimum Gasteiger partial charge on any atom is -0.480 e. The smallest absolute Gasteiger partial charge is 0.328 e. The van der Waals surface area contributed by atoms with Crippen molar-refractivity contribution in [2.24, 2.45) is 5.73 Å². The molecule has 25 heavy (non-hydrogen) atoms. The number of carbonyl (C=O) groups is 4. The highest BCUT2D eigenvalue weighted by Crippen LogP contribution is 1.96. The van der Waals surface area contributed by atoms with Gasteiger partial charge < -0.3 is 42.1 Å². The third-order valence-corrected chi connectivity index (χ3v) is 3.12. The summed E-state index contributed by atoms with van der Waals surface area (Å²) in [6.45, 7) is 1.01. The van der Waals surface area contributed by atoms with Gasteiger partial charge in [0.25, 0.3) is 0 Å². The normalized spacial score (nSPS) is 16.7. The number of carboxylic acids is 1. The molecule has 0 aliphatic carbocycles. The Hall–Kier alpha value is -2.28. The van der Waals surface area contributed by atoms with Crippen LogP contribution in [0.5, 0.6) is 0 Å². The largest absolute Gasteiger partial charge is 0.480 e. The second-order valence-electron chi connectivity index (χ2n) is 5.35. The SMILES string of the molecule is CC(O)C(N)C(=O)NCC(=O)NC(C(=O)NC(CO)C(=O)O)C(C)O. The zero-order chi connectivity index (χ0) is 19.7. The fourth-order valence-electron chi connectivity index (χ4n) is 1.58. The molecule has 9 N–H and O–H groups in total. The zero-order valence-corrected chi connectivity index (χ0v) is 13.8. The quantitative estimate of drug-likeness (QED) is 0.187. The molecule has 0 rings (SSSR count). The Labute approximate surface area is 143 Å². The predicted octanol–water partition coefficient (Wildman–Crippen LogP) is -4.76. The standard InChI is InChI=1S/C13H24N4O8/c1-5(19)9(14)11(22)15-3-8(21)17-10(6(2)20)12(23)16-7(4-18)13(24)25/h5-7,9-10,18-20H,3-4,14H2,1-2H3,(H,15,22)(H,16,23)(H,17,21)(H,24,25). The lowest BCUT2D eigenvalue weighted by molar-refractivity contribution is -0.144. The van der Waals surface area contributed by atoms with E-state index in [1.165, 1.54) is 13.8 Å². The number of aliphatic hydroxyl groups is 3. The Morgan fingerprint density at radius 3 is 1.96 bits per heavy atom. The second-order valence-corrected chi connectivity index (χ2v) is 5.35. The lowest BCUT2D eigenvalue weighted by Gasteiger charge is -2.23. The minimum atomic E-state index is -1.60. The van der Waals surface area contributed by atoms with Gasteiger partial charge in [-0.05, 0) is 13.8 Å². The van der Waals surface area contributed by atoms with Gasteiger partial charge in [0.2, 0.25) is 17.7 Å². The summed E-state index contributed by atoms with van der Waals surface area (Å²) >= 11 is 0. The molecule has 0 aliphatic heterocycles. The average molecular weight is 364 g/mol. The summed E-state index contributed by atoms with van der Waals surface area (Å²) in [7, 11) is 0. The molecule has 0 radical (unpaired) electrons. The molecule has 0 aliphatic rings. The van der Waals surface area contributed by atoms with Crippen LogP contribution in [-0.2, 0) is 19.2 Å². The summed E-state index contributed by atoms with van der Waals surface area (Å²) in [6.07, 6.45) is -2.52. The number of carbonyl (C=O) groups excluding carboxylic acids is 3. The van der Waals surface area contributed by atoms with Gasteiger partial charge in [-0.2, -0.15) is 0 Å². The van der Waals surface area contributed by atoms with Crippen molar-refractivity contribution in [1.29, 1.82) is 0 Å². The molecule has 3 amide bonds. The van der Waals surface area contributed by atoms with E-state index in [0.29, 0.717) is 0 Å². The molecule has 12 nitrogen and oxygen atoms in total. The number of aliphatic hydroxyl groups excluding tert-OH is 3. The van der Waals surface area contributed by atoms with Crippen LogP contribution in [0.3, 0.4) is 0 Å². The molecule has 0 aromatic rings. The van der Waals surface area contributed by atoms with E-state index in [2.05, 4.69) is 10.6 Å². The maximum absolute atomic E-state index is 11.9. The summed E-state index contributed by atoms with van der Waals surface area (Å²) in [5, 5.41) is 42.5. The summed E-state index contributed by atoms with van der Waals surface area (Å²) < 4.78 is 0. The number of nitrogens with two attached hydrogens (primary N) is 1. The summed E-state index contributed by atoms with van der Waals surface area (Å²) in [5.41, 5.74) is 5.37. The van der Waals surface area contributed by atoms with Crippen LogP contribution >= 0.6 is 0 Å². The number of hydrogen-bond donors (Lipinski definition) is 8. The maximum Gasteiger partial charge on any atom is 0.328 e. The molecule has 0 bridgehead atoms. The van der Waals surface area contributed by atoms with Crippen LogP contribution in [0, 0.1) is 0 Å². The van der Waals surface area contributed by atoms with E-state index < -0.39 is 67.2 Å². The van der Waals surface area contributed by atoms with Crippen molar-refractivity contribution in [3.63, 3.8) is 0 Å². The topological polar surface area (TPSA) is 211 Å². The molecule has 5 atom stereocenters. The number of rotatable bonds is 10. The summed E-state index contributed by atoms with van der Waals surface area (Å²) in [6, 6.07) is -4.36. The van der Waals surface area contributed by atoms with E-state index >= 15 is 0 Å². The van der Waals surface area contributed by atoms with Crippen molar-refractivity contribution in [1.82, 2.24) is 16.0 Å². The Bertz CT molecular complexity index is 496. The van der Waals surface area contributed by atoms with Crippen molar-refractivity contribution in [3.8, 4) is 0 Å². The number of carboxylic acid groups (broad SMARTS) is 1. The summed E-state index contributed by atoms with van der Waals surface area (Å²) in [5.74, 6) is -4.18. The van der Waals surface area contributed by atoms with Gasteiger partial charge in [-0.25, -0.2) is 4.79 Å². The molecule has 144 valence electrons. The number of aliphatic carboxylic acids is 1. The van der Waals surface area contributed by atoms with Crippen LogP contribution in [0.15, 0.2) is 0 Å². The first-order valence-electron chi connectivity index (χ1n) is 7.34. The fraction of sp³-hybridized carbons (Fsp3) is 0.692.